The van der Waals surface area contributed by atoms with E-state index in [9.17, 15) is 5.11 Å². The zero-order chi connectivity index (χ0) is 54.1. The zero-order valence-corrected chi connectivity index (χ0v) is 49.9. The number of benzene rings is 8. The third kappa shape index (κ3) is 7.03. The van der Waals surface area contributed by atoms with Gasteiger partial charge in [0.05, 0.1) is 0 Å². The molecule has 0 spiro atoms. The molecule has 0 unspecified atom stereocenters. The Balaban J connectivity index is 1.53. The predicted octanol–water partition coefficient (Wildman–Crippen LogP) is -34.8. The van der Waals surface area contributed by atoms with Crippen molar-refractivity contribution in [1.82, 2.24) is 0 Å². The molecular formula is C44H55B27O2. The van der Waals surface area contributed by atoms with Crippen LogP contribution in [0.4, 0.5) is 0 Å². The van der Waals surface area contributed by atoms with Gasteiger partial charge in [0.15, 0.2) is 0 Å². The van der Waals surface area contributed by atoms with Crippen molar-refractivity contribution in [1.29, 1.82) is 0 Å². The molecule has 0 fully saturated rings. The van der Waals surface area contributed by atoms with Crippen LogP contribution in [-0.4, -0.2) is 217 Å². The van der Waals surface area contributed by atoms with E-state index in [1.807, 2.05) is 0 Å². The SMILES string of the molecule is Bc1c(B)c(B)c(-c2c(B)c(B)c(B)c(B)c2-c2c3c(B)c(B)c(B)c(B)c3c(-c3c(B)c(B)c(-c4c(B)c(B)c5c(oc6c(B)c(B)c(B)c(B)c65)c4B)c(B)c3B)c3c(B)c(B)c(O)c(B)c23)c(B)c1B. The van der Waals surface area contributed by atoms with E-state index in [1.165, 1.54) is 203 Å². The predicted molar refractivity (Wildman–Crippen MR) is 413 cm³/mol. The van der Waals surface area contributed by atoms with Crippen LogP contribution in [0.5, 0.6) is 5.75 Å². The quantitative estimate of drug-likeness (QED) is 0.141. The molecule has 29 heteroatoms. The van der Waals surface area contributed by atoms with Gasteiger partial charge in [-0.25, -0.2) is 0 Å². The molecule has 0 aliphatic rings. The number of phenolic OH excluding ortho intramolecular Hbond substituents is 1. The second-order valence-corrected chi connectivity index (χ2v) is 23.2. The maximum Gasteiger partial charge on any atom is 0.145 e. The Labute approximate surface area is 459 Å². The van der Waals surface area contributed by atoms with Gasteiger partial charge in [-0.2, -0.15) is 0 Å². The van der Waals surface area contributed by atoms with Crippen LogP contribution in [0.25, 0.3) is 88.0 Å². The summed E-state index contributed by atoms with van der Waals surface area (Å²) in [6, 6.07) is 0. The van der Waals surface area contributed by atoms with E-state index >= 15 is 0 Å². The minimum absolute atomic E-state index is 0.387. The summed E-state index contributed by atoms with van der Waals surface area (Å²) >= 11 is 0. The zero-order valence-electron chi connectivity index (χ0n) is 49.9. The molecule has 0 aliphatic heterocycles. The lowest BCUT2D eigenvalue weighted by atomic mass is 9.55. The lowest BCUT2D eigenvalue weighted by molar-refractivity contribution is 0.485. The Hall–Kier alpha value is -4.37. The number of phenols is 1. The summed E-state index contributed by atoms with van der Waals surface area (Å²) in [7, 11) is 62.3. The van der Waals surface area contributed by atoms with Crippen molar-refractivity contribution in [3.8, 4) is 50.3 Å². The van der Waals surface area contributed by atoms with Gasteiger partial charge in [-0.05, 0) is 77.0 Å². The number of rotatable bonds is 4. The van der Waals surface area contributed by atoms with Crippen molar-refractivity contribution < 1.29 is 9.52 Å². The molecule has 0 aliphatic carbocycles. The fraction of sp³-hybridized carbons (Fsp3) is 0. The highest BCUT2D eigenvalue weighted by molar-refractivity contribution is 6.76. The van der Waals surface area contributed by atoms with E-state index < -0.39 is 0 Å². The van der Waals surface area contributed by atoms with Crippen molar-refractivity contribution in [2.24, 2.45) is 0 Å². The molecule has 324 valence electrons. The van der Waals surface area contributed by atoms with E-state index in [0.29, 0.717) is 5.75 Å². The summed E-state index contributed by atoms with van der Waals surface area (Å²) in [4.78, 5) is 0. The lowest BCUT2D eigenvalue weighted by Gasteiger charge is -2.33. The van der Waals surface area contributed by atoms with E-state index in [1.54, 1.807) is 0 Å². The highest BCUT2D eigenvalue weighted by Crippen LogP contribution is 2.42. The minimum Gasteiger partial charge on any atom is -0.509 e. The molecule has 0 saturated carbocycles. The second-order valence-electron chi connectivity index (χ2n) is 23.2. The van der Waals surface area contributed by atoms with Gasteiger partial charge in [-0.1, -0.05) is 92.9 Å². The average Bonchev–Trinajstić information content (AvgIpc) is 3.78. The Morgan fingerprint density at radius 2 is 0.370 bits per heavy atom. The molecule has 1 heterocycles. The van der Waals surface area contributed by atoms with Crippen LogP contribution in [0.1, 0.15) is 0 Å². The standard InChI is InChI=1S/C44H55B27O2/c45-15-3-1(4-8(18(48)34(64)32(62)16(4)46)10-25(55)35(65)38(68)36(66)26(10)56)7-6(19(49)40(70)42(72)29(7)59)2(5(3)17(47)33(63)31(15)61)9-20(50)22(52)11(23(53)21(9)51)12-24(54)27(57)13-14-28(58)37(67)39(69)41(71)44(14)73-43(13)30(12)60/h72H,45-71H2. The van der Waals surface area contributed by atoms with E-state index in [4.69, 9.17) is 4.42 Å². The molecule has 8 aromatic carbocycles. The van der Waals surface area contributed by atoms with Crippen LogP contribution in [-0.2, 0) is 0 Å². The van der Waals surface area contributed by atoms with Gasteiger partial charge in [0, 0.05) is 10.8 Å². The third-order valence-electron chi connectivity index (χ3n) is 20.6. The molecule has 9 rings (SSSR count). The molecule has 0 atom stereocenters. The van der Waals surface area contributed by atoms with Gasteiger partial charge in [0.25, 0.3) is 0 Å². The summed E-state index contributed by atoms with van der Waals surface area (Å²) in [5, 5.41) is 20.1. The van der Waals surface area contributed by atoms with Crippen molar-refractivity contribution in [2.45, 2.75) is 0 Å². The Kier molecular flexibility index (Phi) is 13.3. The molecule has 0 radical (unpaired) electrons. The first-order valence-electron chi connectivity index (χ1n) is 26.9. The number of fused-ring (bicyclic) bond motifs is 5. The topological polar surface area (TPSA) is 33.4 Å². The maximum absolute atomic E-state index is 12.5. The fourth-order valence-corrected chi connectivity index (χ4v) is 14.1. The molecular weight excluding hydrogens is 852 g/mol. The summed E-state index contributed by atoms with van der Waals surface area (Å²) in [6.07, 6.45) is 0. The molecule has 0 bridgehead atoms. The van der Waals surface area contributed by atoms with Crippen LogP contribution in [0, 0.1) is 0 Å². The summed E-state index contributed by atoms with van der Waals surface area (Å²) in [5.41, 5.74) is 47.0. The summed E-state index contributed by atoms with van der Waals surface area (Å²) < 4.78 is 7.07. The fourth-order valence-electron chi connectivity index (χ4n) is 14.1. The Morgan fingerprint density at radius 1 is 0.164 bits per heavy atom. The van der Waals surface area contributed by atoms with Crippen molar-refractivity contribution in [2.75, 3.05) is 0 Å². The Morgan fingerprint density at radius 3 is 0.795 bits per heavy atom. The van der Waals surface area contributed by atoms with Crippen molar-refractivity contribution >= 4 is 403 Å². The van der Waals surface area contributed by atoms with Gasteiger partial charge in [0.2, 0.25) is 0 Å². The number of aromatic hydroxyl groups is 1. The molecule has 2 nitrogen and oxygen atoms in total. The van der Waals surface area contributed by atoms with Crippen LogP contribution >= 0.6 is 0 Å². The van der Waals surface area contributed by atoms with Gasteiger partial charge < -0.3 is 9.52 Å². The first kappa shape index (κ1) is 53.5. The largest absolute Gasteiger partial charge is 0.509 e. The summed E-state index contributed by atoms with van der Waals surface area (Å²) in [5.74, 6) is 0.387. The molecule has 0 saturated heterocycles. The highest BCUT2D eigenvalue weighted by Gasteiger charge is 2.32. The van der Waals surface area contributed by atoms with Gasteiger partial charge in [-0.15, -0.1) is 43.7 Å². The van der Waals surface area contributed by atoms with Crippen molar-refractivity contribution in [3.63, 3.8) is 0 Å². The van der Waals surface area contributed by atoms with Gasteiger partial charge in [-0.3, -0.25) is 0 Å². The summed E-state index contributed by atoms with van der Waals surface area (Å²) in [6.45, 7) is 0. The van der Waals surface area contributed by atoms with Crippen LogP contribution in [0.2, 0.25) is 0 Å². The number of furan rings is 1. The highest BCUT2D eigenvalue weighted by atomic mass is 16.3. The van der Waals surface area contributed by atoms with Gasteiger partial charge >= 0.3 is 0 Å². The van der Waals surface area contributed by atoms with Crippen molar-refractivity contribution in [3.05, 3.63) is 0 Å². The number of hydrogen-bond donors (Lipinski definition) is 1. The average molecular weight is 908 g/mol. The normalized spacial score (nSPS) is 11.7. The molecule has 0 amide bonds. The minimum atomic E-state index is 0.387. The number of hydrogen-bond acceptors (Lipinski definition) is 2. The van der Waals surface area contributed by atoms with Crippen LogP contribution in [0.15, 0.2) is 4.42 Å². The van der Waals surface area contributed by atoms with E-state index in [0.717, 1.165) is 32.9 Å². The first-order valence-corrected chi connectivity index (χ1v) is 26.9. The molecule has 9 aromatic rings. The van der Waals surface area contributed by atoms with E-state index in [2.05, 4.69) is 212 Å². The van der Waals surface area contributed by atoms with Gasteiger partial charge in [0.1, 0.15) is 229 Å². The molecule has 73 heavy (non-hydrogen) atoms. The maximum atomic E-state index is 12.5. The molecule has 1 aromatic heterocycles. The second kappa shape index (κ2) is 18.1. The third-order valence-corrected chi connectivity index (χ3v) is 20.6. The first-order chi connectivity index (χ1) is 34.0. The monoisotopic (exact) mass is 913 g/mol. The molecule has 1 N–H and O–H groups in total. The Bertz CT molecular complexity index is 3980. The lowest BCUT2D eigenvalue weighted by Crippen LogP contribution is -2.57. The smallest absolute Gasteiger partial charge is 0.145 e. The van der Waals surface area contributed by atoms with Crippen LogP contribution < -0.4 is 147 Å². The van der Waals surface area contributed by atoms with Crippen LogP contribution in [0.3, 0.4) is 0 Å². The van der Waals surface area contributed by atoms with E-state index in [-0.39, 0.29) is 0 Å².